The molecular weight excluding hydrogens is 334 g/mol. The van der Waals surface area contributed by atoms with Gasteiger partial charge in [0.15, 0.2) is 0 Å². The van der Waals surface area contributed by atoms with Gasteiger partial charge in [0, 0.05) is 45.5 Å². The molecule has 2 heterocycles. The Hall–Kier alpha value is -2.25. The number of hydrogen-bond donors (Lipinski definition) is 2. The van der Waals surface area contributed by atoms with Gasteiger partial charge in [0.2, 0.25) is 0 Å². The third-order valence-electron chi connectivity index (χ3n) is 4.65. The van der Waals surface area contributed by atoms with Crippen LogP contribution in [0.3, 0.4) is 0 Å². The van der Waals surface area contributed by atoms with Gasteiger partial charge in [-0.25, -0.2) is 9.59 Å². The van der Waals surface area contributed by atoms with Crippen molar-refractivity contribution in [1.29, 1.82) is 0 Å². The summed E-state index contributed by atoms with van der Waals surface area (Å²) in [6.07, 6.45) is 10.5. The van der Waals surface area contributed by atoms with Crippen molar-refractivity contribution >= 4 is 11.9 Å². The smallest absolute Gasteiger partial charge is 0.414 e. The normalized spacial score (nSPS) is 20.8. The molecule has 7 nitrogen and oxygen atoms in total. The molecule has 3 rings (SSSR count). The number of rotatable bonds is 4. The molecule has 1 atom stereocenters. The van der Waals surface area contributed by atoms with Crippen LogP contribution in [-0.4, -0.2) is 69.7 Å². The molecule has 0 bridgehead atoms. The van der Waals surface area contributed by atoms with Gasteiger partial charge >= 0.3 is 11.9 Å². The van der Waals surface area contributed by atoms with E-state index in [0.717, 1.165) is 12.5 Å². The number of carboxylic acids is 2. The van der Waals surface area contributed by atoms with Crippen LogP contribution < -0.4 is 0 Å². The first-order valence-electron chi connectivity index (χ1n) is 9.00. The molecule has 2 N–H and O–H groups in total. The Kier molecular flexibility index (Phi) is 8.24. The predicted octanol–water partition coefficient (Wildman–Crippen LogP) is 1.71. The van der Waals surface area contributed by atoms with Crippen LogP contribution in [0, 0.1) is 5.92 Å². The molecule has 2 aliphatic rings. The molecule has 0 aromatic carbocycles. The summed E-state index contributed by atoms with van der Waals surface area (Å²) in [7, 11) is 0. The van der Waals surface area contributed by atoms with Gasteiger partial charge in [0.1, 0.15) is 0 Å². The Labute approximate surface area is 153 Å². The van der Waals surface area contributed by atoms with Gasteiger partial charge in [-0.3, -0.25) is 9.88 Å². The van der Waals surface area contributed by atoms with Gasteiger partial charge in [-0.05, 0) is 37.3 Å². The van der Waals surface area contributed by atoms with E-state index in [9.17, 15) is 0 Å². The first-order valence-corrected chi connectivity index (χ1v) is 9.00. The predicted molar refractivity (Wildman–Crippen MR) is 97.7 cm³/mol. The molecule has 1 unspecified atom stereocenters. The molecule has 1 aromatic rings. The Balaban J connectivity index is 0.000000352. The highest BCUT2D eigenvalue weighted by molar-refractivity contribution is 6.27. The summed E-state index contributed by atoms with van der Waals surface area (Å²) in [6, 6.07) is 6.19. The lowest BCUT2D eigenvalue weighted by Crippen LogP contribution is -2.47. The van der Waals surface area contributed by atoms with Crippen LogP contribution in [0.1, 0.15) is 25.0 Å². The third-order valence-corrected chi connectivity index (χ3v) is 4.65. The van der Waals surface area contributed by atoms with Crippen LogP contribution >= 0.6 is 0 Å². The minimum atomic E-state index is -1.82. The highest BCUT2D eigenvalue weighted by Gasteiger charge is 2.20. The zero-order valence-electron chi connectivity index (χ0n) is 15.0. The van der Waals surface area contributed by atoms with Crippen LogP contribution in [0.15, 0.2) is 36.5 Å². The average molecular weight is 361 g/mol. The number of carbonyl (C=O) groups is 2. The summed E-state index contributed by atoms with van der Waals surface area (Å²) in [5.41, 5.74) is 1.19. The van der Waals surface area contributed by atoms with Crippen LogP contribution in [-0.2, 0) is 16.1 Å². The molecule has 142 valence electrons. The molecular formula is C19H27N3O4. The number of nitrogens with zero attached hydrogens (tertiary/aromatic N) is 3. The van der Waals surface area contributed by atoms with Gasteiger partial charge in [0.25, 0.3) is 0 Å². The number of allylic oxidation sites excluding steroid dienone is 2. The van der Waals surface area contributed by atoms with Crippen LogP contribution in [0.2, 0.25) is 0 Å². The lowest BCUT2D eigenvalue weighted by molar-refractivity contribution is -0.159. The highest BCUT2D eigenvalue weighted by Crippen LogP contribution is 2.20. The number of pyridine rings is 1. The fraction of sp³-hybridized carbons (Fsp3) is 0.526. The quantitative estimate of drug-likeness (QED) is 0.623. The Morgan fingerprint density at radius 2 is 1.73 bits per heavy atom. The van der Waals surface area contributed by atoms with Gasteiger partial charge in [-0.1, -0.05) is 18.2 Å². The van der Waals surface area contributed by atoms with E-state index in [4.69, 9.17) is 19.8 Å². The number of hydrogen-bond acceptors (Lipinski definition) is 5. The van der Waals surface area contributed by atoms with Crippen molar-refractivity contribution in [2.45, 2.75) is 25.8 Å². The highest BCUT2D eigenvalue weighted by atomic mass is 16.4. The van der Waals surface area contributed by atoms with E-state index in [1.807, 2.05) is 12.3 Å². The molecule has 1 saturated heterocycles. The second-order valence-electron chi connectivity index (χ2n) is 6.66. The molecule has 0 amide bonds. The number of piperazine rings is 1. The summed E-state index contributed by atoms with van der Waals surface area (Å²) < 4.78 is 0. The number of aromatic nitrogens is 1. The summed E-state index contributed by atoms with van der Waals surface area (Å²) in [6.45, 7) is 7.08. The lowest BCUT2D eigenvalue weighted by Gasteiger charge is -2.36. The molecule has 0 radical (unpaired) electrons. The largest absolute Gasteiger partial charge is 0.473 e. The zero-order valence-corrected chi connectivity index (χ0v) is 15.0. The molecule has 7 heteroatoms. The SMILES string of the molecule is C1=CCC(CN2CCN(Cc3ccccn3)CC2)CC1.O=C(O)C(=O)O. The number of aliphatic carboxylic acids is 2. The van der Waals surface area contributed by atoms with Gasteiger partial charge in [-0.15, -0.1) is 0 Å². The summed E-state index contributed by atoms with van der Waals surface area (Å²) in [5, 5.41) is 14.8. The second-order valence-corrected chi connectivity index (χ2v) is 6.66. The van der Waals surface area contributed by atoms with E-state index in [-0.39, 0.29) is 0 Å². The monoisotopic (exact) mass is 361 g/mol. The van der Waals surface area contributed by atoms with E-state index >= 15 is 0 Å². The molecule has 1 aromatic heterocycles. The van der Waals surface area contributed by atoms with Crippen molar-refractivity contribution in [2.24, 2.45) is 5.92 Å². The summed E-state index contributed by atoms with van der Waals surface area (Å²) >= 11 is 0. The molecule has 0 spiro atoms. The molecule has 0 saturated carbocycles. The lowest BCUT2D eigenvalue weighted by atomic mass is 9.94. The third kappa shape index (κ3) is 7.33. The maximum atomic E-state index is 9.10. The van der Waals surface area contributed by atoms with E-state index in [1.165, 1.54) is 57.7 Å². The molecule has 26 heavy (non-hydrogen) atoms. The van der Waals surface area contributed by atoms with Gasteiger partial charge in [-0.2, -0.15) is 0 Å². The number of carboxylic acid groups (broad SMARTS) is 2. The summed E-state index contributed by atoms with van der Waals surface area (Å²) in [5.74, 6) is -2.76. The van der Waals surface area contributed by atoms with Crippen molar-refractivity contribution in [1.82, 2.24) is 14.8 Å². The topological polar surface area (TPSA) is 94.0 Å². The van der Waals surface area contributed by atoms with Crippen molar-refractivity contribution in [3.8, 4) is 0 Å². The average Bonchev–Trinajstić information content (AvgIpc) is 2.65. The fourth-order valence-electron chi connectivity index (χ4n) is 3.24. The second kappa shape index (κ2) is 10.7. The zero-order chi connectivity index (χ0) is 18.8. The van der Waals surface area contributed by atoms with Crippen LogP contribution in [0.4, 0.5) is 0 Å². The maximum absolute atomic E-state index is 9.10. The first kappa shape index (κ1) is 20.1. The maximum Gasteiger partial charge on any atom is 0.414 e. The summed E-state index contributed by atoms with van der Waals surface area (Å²) in [4.78, 5) is 27.8. The minimum absolute atomic E-state index is 0.891. The van der Waals surface area contributed by atoms with E-state index in [1.54, 1.807) is 0 Å². The van der Waals surface area contributed by atoms with E-state index in [2.05, 4.69) is 39.1 Å². The van der Waals surface area contributed by atoms with Crippen molar-refractivity contribution < 1.29 is 19.8 Å². The Bertz CT molecular complexity index is 586. The van der Waals surface area contributed by atoms with Crippen molar-refractivity contribution in [3.05, 3.63) is 42.2 Å². The standard InChI is InChI=1S/C17H25N3.C2H2O4/c1-2-6-16(7-3-1)14-19-10-12-20(13-11-19)15-17-8-4-5-9-18-17;3-1(4)2(5)6/h1-2,4-5,8-9,16H,3,6-7,10-15H2;(H,3,4)(H,5,6). The minimum Gasteiger partial charge on any atom is -0.473 e. The molecule has 1 aliphatic heterocycles. The first-order chi connectivity index (χ1) is 12.5. The molecule has 1 aliphatic carbocycles. The van der Waals surface area contributed by atoms with Crippen LogP contribution in [0.25, 0.3) is 0 Å². The van der Waals surface area contributed by atoms with Gasteiger partial charge in [0.05, 0.1) is 5.69 Å². The Morgan fingerprint density at radius 1 is 1.04 bits per heavy atom. The van der Waals surface area contributed by atoms with Crippen molar-refractivity contribution in [3.63, 3.8) is 0 Å². The van der Waals surface area contributed by atoms with Gasteiger partial charge < -0.3 is 15.1 Å². The van der Waals surface area contributed by atoms with Crippen LogP contribution in [0.5, 0.6) is 0 Å². The van der Waals surface area contributed by atoms with E-state index < -0.39 is 11.9 Å². The fourth-order valence-corrected chi connectivity index (χ4v) is 3.24. The Morgan fingerprint density at radius 3 is 2.27 bits per heavy atom. The van der Waals surface area contributed by atoms with Crippen molar-refractivity contribution in [2.75, 3.05) is 32.7 Å². The van der Waals surface area contributed by atoms with E-state index in [0.29, 0.717) is 0 Å². The molecule has 1 fully saturated rings.